The van der Waals surface area contributed by atoms with Crippen molar-refractivity contribution in [3.05, 3.63) is 35.1 Å². The van der Waals surface area contributed by atoms with Gasteiger partial charge in [-0.2, -0.15) is 0 Å². The Hall–Kier alpha value is -1.60. The first-order chi connectivity index (χ1) is 13.0. The summed E-state index contributed by atoms with van der Waals surface area (Å²) < 4.78 is 46.2. The predicted octanol–water partition coefficient (Wildman–Crippen LogP) is 3.82. The van der Waals surface area contributed by atoms with Gasteiger partial charge in [-0.25, -0.2) is 18.6 Å². The van der Waals surface area contributed by atoms with Gasteiger partial charge in [-0.3, -0.25) is 10.2 Å². The number of rotatable bonds is 6. The van der Waals surface area contributed by atoms with Crippen LogP contribution in [0, 0.1) is 29.3 Å². The molecule has 0 atom stereocenters. The van der Waals surface area contributed by atoms with E-state index in [9.17, 15) is 18.0 Å². The molecule has 1 amide bonds. The van der Waals surface area contributed by atoms with E-state index >= 15 is 0 Å². The van der Waals surface area contributed by atoms with E-state index in [4.69, 9.17) is 4.74 Å². The topological polar surface area (TPSA) is 50.4 Å². The van der Waals surface area contributed by atoms with Crippen molar-refractivity contribution in [2.24, 2.45) is 11.8 Å². The number of amides is 1. The highest BCUT2D eigenvalue weighted by Crippen LogP contribution is 2.39. The van der Waals surface area contributed by atoms with Gasteiger partial charge in [0.05, 0.1) is 0 Å². The van der Waals surface area contributed by atoms with Gasteiger partial charge < -0.3 is 4.74 Å². The lowest BCUT2D eigenvalue weighted by Crippen LogP contribution is -2.43. The molecule has 0 radical (unpaired) electrons. The summed E-state index contributed by atoms with van der Waals surface area (Å²) in [5, 5.41) is 0. The van der Waals surface area contributed by atoms with Gasteiger partial charge >= 0.3 is 0 Å². The zero-order valence-electron chi connectivity index (χ0n) is 15.4. The number of carbonyl (C=O) groups excluding carboxylic acids is 1. The lowest BCUT2D eigenvalue weighted by atomic mass is 9.77. The summed E-state index contributed by atoms with van der Waals surface area (Å²) in [5.74, 6) is -2.15. The monoisotopic (exact) mass is 384 g/mol. The second-order valence-electron chi connectivity index (χ2n) is 7.59. The minimum Gasteiger partial charge on any atom is -0.381 e. The molecule has 3 rings (SSSR count). The zero-order valence-corrected chi connectivity index (χ0v) is 15.4. The van der Waals surface area contributed by atoms with Crippen LogP contribution < -0.4 is 10.9 Å². The Morgan fingerprint density at radius 2 is 1.63 bits per heavy atom. The smallest absolute Gasteiger partial charge is 0.237 e. The van der Waals surface area contributed by atoms with E-state index < -0.39 is 17.5 Å². The quantitative estimate of drug-likeness (QED) is 0.579. The molecule has 0 aromatic heterocycles. The predicted molar refractivity (Wildman–Crippen MR) is 95.3 cm³/mol. The molecule has 0 unspecified atom stereocenters. The number of nitrogens with one attached hydrogen (secondary N) is 2. The number of benzene rings is 1. The maximum Gasteiger partial charge on any atom is 0.237 e. The summed E-state index contributed by atoms with van der Waals surface area (Å²) in [6.45, 7) is 1.94. The Morgan fingerprint density at radius 3 is 2.26 bits per heavy atom. The van der Waals surface area contributed by atoms with Crippen molar-refractivity contribution in [3.8, 4) is 0 Å². The van der Waals surface area contributed by atoms with Crippen molar-refractivity contribution < 1.29 is 22.7 Å². The van der Waals surface area contributed by atoms with Gasteiger partial charge in [-0.1, -0.05) is 0 Å². The third-order valence-electron chi connectivity index (χ3n) is 5.78. The molecule has 0 spiro atoms. The summed E-state index contributed by atoms with van der Waals surface area (Å²) in [6.07, 6.45) is 5.54. The maximum absolute atomic E-state index is 13.9. The number of hydrazine groups is 1. The Balaban J connectivity index is 1.37. The van der Waals surface area contributed by atoms with E-state index in [0.29, 0.717) is 38.5 Å². The number of carbonyl (C=O) groups is 1. The fourth-order valence-corrected chi connectivity index (χ4v) is 4.17. The second kappa shape index (κ2) is 9.55. The largest absolute Gasteiger partial charge is 0.381 e. The molecule has 1 aromatic carbocycles. The number of hydrogen-bond donors (Lipinski definition) is 2. The minimum absolute atomic E-state index is 0.0159. The van der Waals surface area contributed by atoms with Crippen molar-refractivity contribution in [2.45, 2.75) is 50.9 Å². The molecule has 1 aliphatic carbocycles. The molecule has 2 fully saturated rings. The molecule has 1 saturated carbocycles. The summed E-state index contributed by atoms with van der Waals surface area (Å²) in [6, 6.07) is 1.52. The van der Waals surface area contributed by atoms with Crippen LogP contribution in [-0.4, -0.2) is 25.7 Å². The highest BCUT2D eigenvalue weighted by atomic mass is 19.1. The van der Waals surface area contributed by atoms with Gasteiger partial charge in [0, 0.05) is 43.4 Å². The first kappa shape index (κ1) is 20.1. The van der Waals surface area contributed by atoms with Crippen molar-refractivity contribution >= 4 is 5.91 Å². The molecular formula is C20H27F3N2O2. The van der Waals surface area contributed by atoms with Crippen molar-refractivity contribution in [2.75, 3.05) is 19.8 Å². The summed E-state index contributed by atoms with van der Waals surface area (Å²) in [7, 11) is 0. The minimum atomic E-state index is -0.878. The molecule has 27 heavy (non-hydrogen) atoms. The van der Waals surface area contributed by atoms with E-state index in [1.807, 2.05) is 0 Å². The Bertz CT molecular complexity index is 619. The third kappa shape index (κ3) is 5.45. The highest BCUT2D eigenvalue weighted by molar-refractivity contribution is 5.78. The van der Waals surface area contributed by atoms with Crippen LogP contribution in [0.2, 0.25) is 0 Å². The van der Waals surface area contributed by atoms with Gasteiger partial charge in [0.2, 0.25) is 5.91 Å². The standard InChI is InChI=1S/C20H27F3N2O2/c21-16-11-17(22)19(18(23)12-16)14-3-1-13(2-4-14)5-8-24-25-20(26)15-6-9-27-10-7-15/h11-15,24H,1-10H2,(H,25,26)/t13-,14+. The van der Waals surface area contributed by atoms with E-state index in [0.717, 1.165) is 44.2 Å². The molecule has 7 heteroatoms. The molecule has 1 aliphatic heterocycles. The number of hydrogen-bond acceptors (Lipinski definition) is 3. The van der Waals surface area contributed by atoms with E-state index in [-0.39, 0.29) is 23.3 Å². The number of ether oxygens (including phenoxy) is 1. The molecule has 4 nitrogen and oxygen atoms in total. The molecule has 0 bridgehead atoms. The van der Waals surface area contributed by atoms with Gasteiger partial charge in [0.15, 0.2) is 0 Å². The Morgan fingerprint density at radius 1 is 1.00 bits per heavy atom. The van der Waals surface area contributed by atoms with Crippen LogP contribution in [0.1, 0.15) is 56.4 Å². The maximum atomic E-state index is 13.9. The van der Waals surface area contributed by atoms with Crippen LogP contribution in [0.5, 0.6) is 0 Å². The fraction of sp³-hybridized carbons (Fsp3) is 0.650. The summed E-state index contributed by atoms with van der Waals surface area (Å²) in [4.78, 5) is 12.0. The first-order valence-corrected chi connectivity index (χ1v) is 9.79. The lowest BCUT2D eigenvalue weighted by molar-refractivity contribution is -0.128. The van der Waals surface area contributed by atoms with E-state index in [2.05, 4.69) is 10.9 Å². The van der Waals surface area contributed by atoms with Crippen LogP contribution in [0.3, 0.4) is 0 Å². The van der Waals surface area contributed by atoms with Gasteiger partial charge in [0.1, 0.15) is 17.5 Å². The Kier molecular flexibility index (Phi) is 7.13. The summed E-state index contributed by atoms with van der Waals surface area (Å²) >= 11 is 0. The molecule has 150 valence electrons. The fourth-order valence-electron chi connectivity index (χ4n) is 4.17. The molecular weight excluding hydrogens is 357 g/mol. The second-order valence-corrected chi connectivity index (χ2v) is 7.59. The number of halogens is 3. The molecule has 1 aromatic rings. The van der Waals surface area contributed by atoms with Crippen LogP contribution in [0.15, 0.2) is 12.1 Å². The van der Waals surface area contributed by atoms with Gasteiger partial charge in [0.25, 0.3) is 0 Å². The molecule has 1 heterocycles. The average Bonchev–Trinajstić information content (AvgIpc) is 2.66. The zero-order chi connectivity index (χ0) is 19.2. The van der Waals surface area contributed by atoms with Crippen molar-refractivity contribution in [1.82, 2.24) is 10.9 Å². The van der Waals surface area contributed by atoms with E-state index in [1.165, 1.54) is 0 Å². The molecule has 1 saturated heterocycles. The molecule has 2 aliphatic rings. The lowest BCUT2D eigenvalue weighted by Gasteiger charge is -2.29. The highest BCUT2D eigenvalue weighted by Gasteiger charge is 2.27. The van der Waals surface area contributed by atoms with Crippen LogP contribution in [0.25, 0.3) is 0 Å². The van der Waals surface area contributed by atoms with Crippen LogP contribution in [-0.2, 0) is 9.53 Å². The van der Waals surface area contributed by atoms with Crippen molar-refractivity contribution in [1.29, 1.82) is 0 Å². The SMILES string of the molecule is O=C(NNCC[C@H]1CC[C@@H](c2c(F)cc(F)cc2F)CC1)C1CCOCC1. The first-order valence-electron chi connectivity index (χ1n) is 9.79. The average molecular weight is 384 g/mol. The Labute approximate surface area is 157 Å². The van der Waals surface area contributed by atoms with E-state index in [1.54, 1.807) is 0 Å². The van der Waals surface area contributed by atoms with Crippen LogP contribution >= 0.6 is 0 Å². The van der Waals surface area contributed by atoms with Crippen LogP contribution in [0.4, 0.5) is 13.2 Å². The van der Waals surface area contributed by atoms with Crippen molar-refractivity contribution in [3.63, 3.8) is 0 Å². The van der Waals surface area contributed by atoms with Gasteiger partial charge in [-0.15, -0.1) is 0 Å². The normalized spacial score (nSPS) is 24.0. The summed E-state index contributed by atoms with van der Waals surface area (Å²) in [5.41, 5.74) is 5.79. The van der Waals surface area contributed by atoms with Gasteiger partial charge in [-0.05, 0) is 56.8 Å². The third-order valence-corrected chi connectivity index (χ3v) is 5.78. The molecule has 2 N–H and O–H groups in total.